The van der Waals surface area contributed by atoms with Gasteiger partial charge in [0.25, 0.3) is 5.91 Å². The van der Waals surface area contributed by atoms with Gasteiger partial charge in [0.1, 0.15) is 17.7 Å². The molecule has 0 unspecified atom stereocenters. The third-order valence-electron chi connectivity index (χ3n) is 10.8. The lowest BCUT2D eigenvalue weighted by Gasteiger charge is -2.28. The van der Waals surface area contributed by atoms with E-state index in [9.17, 15) is 14.4 Å². The van der Waals surface area contributed by atoms with Gasteiger partial charge >= 0.3 is 6.09 Å². The molecule has 0 bridgehead atoms. The Labute approximate surface area is 325 Å². The van der Waals surface area contributed by atoms with Gasteiger partial charge in [0.15, 0.2) is 0 Å². The molecular formula is C44H43N8O4. The van der Waals surface area contributed by atoms with Crippen molar-refractivity contribution in [1.82, 2.24) is 40.0 Å². The zero-order valence-corrected chi connectivity index (χ0v) is 31.1. The van der Waals surface area contributed by atoms with Crippen molar-refractivity contribution in [3.8, 4) is 33.8 Å². The number of hydrogen-bond acceptors (Lipinski definition) is 7. The molecule has 0 spiro atoms. The summed E-state index contributed by atoms with van der Waals surface area (Å²) in [7, 11) is 1.28. The van der Waals surface area contributed by atoms with Gasteiger partial charge in [0.05, 0.1) is 54.6 Å². The summed E-state index contributed by atoms with van der Waals surface area (Å²) in [5, 5.41) is 2.71. The number of H-pyrrole nitrogens is 2. The zero-order valence-electron chi connectivity index (χ0n) is 31.1. The number of methoxy groups -OCH3 is 1. The summed E-state index contributed by atoms with van der Waals surface area (Å²) in [6.45, 7) is 5.41. The molecule has 5 heterocycles. The maximum absolute atomic E-state index is 13.9. The number of nitrogens with zero attached hydrogens (tertiary/aromatic N) is 5. The molecule has 3 aromatic carbocycles. The molecular weight excluding hydrogens is 705 g/mol. The van der Waals surface area contributed by atoms with Crippen LogP contribution in [0.4, 0.5) is 4.79 Å². The molecule has 6 aromatic rings. The molecule has 2 saturated heterocycles. The molecule has 0 aliphatic carbocycles. The van der Waals surface area contributed by atoms with Crippen molar-refractivity contribution < 1.29 is 19.1 Å². The number of imidazole rings is 2. The van der Waals surface area contributed by atoms with Gasteiger partial charge in [-0.25, -0.2) is 14.8 Å². The van der Waals surface area contributed by atoms with Crippen molar-refractivity contribution in [3.05, 3.63) is 145 Å². The predicted octanol–water partition coefficient (Wildman–Crippen LogP) is 7.57. The summed E-state index contributed by atoms with van der Waals surface area (Å²) in [4.78, 5) is 64.2. The van der Waals surface area contributed by atoms with Crippen LogP contribution in [0, 0.1) is 6.92 Å². The number of carbonyl (C=O) groups is 3. The van der Waals surface area contributed by atoms with E-state index in [4.69, 9.17) is 14.7 Å². The van der Waals surface area contributed by atoms with Gasteiger partial charge in [-0.3, -0.25) is 14.6 Å². The fraction of sp³-hybridized carbons (Fsp3) is 0.250. The third kappa shape index (κ3) is 7.42. The van der Waals surface area contributed by atoms with Crippen LogP contribution in [-0.4, -0.2) is 72.8 Å². The van der Waals surface area contributed by atoms with Crippen LogP contribution in [0.2, 0.25) is 0 Å². The first kappa shape index (κ1) is 36.4. The molecule has 3 N–H and O–H groups in total. The van der Waals surface area contributed by atoms with Gasteiger partial charge < -0.3 is 29.8 Å². The van der Waals surface area contributed by atoms with Crippen molar-refractivity contribution in [3.63, 3.8) is 0 Å². The Kier molecular flexibility index (Phi) is 10.4. The highest BCUT2D eigenvalue weighted by Crippen LogP contribution is 2.36. The molecule has 12 nitrogen and oxygen atoms in total. The number of rotatable bonds is 10. The topological polar surface area (TPSA) is 149 Å². The number of ether oxygens (including phenoxy) is 1. The number of carbonyl (C=O) groups excluding carboxylic acids is 3. The third-order valence-corrected chi connectivity index (χ3v) is 10.8. The minimum atomic E-state index is -0.877. The number of likely N-dealkylation sites (tertiary alicyclic amines) is 2. The molecule has 2 aliphatic heterocycles. The SMILES string of the molecule is [CH2][C@@H](C(=O)N1CCC[C@H]1c1ncc(-c2ccc(-c3ccc(-c4cnc([C@@H]5CCCN5C(=O)[C@H](NC(=O)OC)c5ccccc5)[nH]4)cc3)nc2)[nH]1)c1ccccc1. The quantitative estimate of drug-likeness (QED) is 0.131. The smallest absolute Gasteiger partial charge is 0.407 e. The number of nitrogens with one attached hydrogen (secondary N) is 3. The number of aromatic nitrogens is 5. The zero-order chi connectivity index (χ0) is 38.6. The van der Waals surface area contributed by atoms with Gasteiger partial charge in [-0.1, -0.05) is 84.9 Å². The predicted molar refractivity (Wildman–Crippen MR) is 211 cm³/mol. The monoisotopic (exact) mass is 747 g/mol. The molecule has 3 amide bonds. The molecule has 2 aliphatic rings. The van der Waals surface area contributed by atoms with Gasteiger partial charge in [-0.15, -0.1) is 0 Å². The number of benzene rings is 3. The summed E-state index contributed by atoms with van der Waals surface area (Å²) in [6, 6.07) is 29.7. The van der Waals surface area contributed by atoms with Crippen molar-refractivity contribution in [2.24, 2.45) is 0 Å². The van der Waals surface area contributed by atoms with Crippen LogP contribution in [0.5, 0.6) is 0 Å². The van der Waals surface area contributed by atoms with Crippen LogP contribution < -0.4 is 5.32 Å². The molecule has 1 radical (unpaired) electrons. The van der Waals surface area contributed by atoms with E-state index in [0.717, 1.165) is 70.8 Å². The summed E-state index contributed by atoms with van der Waals surface area (Å²) < 4.78 is 4.82. The molecule has 12 heteroatoms. The Hall–Kier alpha value is -6.56. The summed E-state index contributed by atoms with van der Waals surface area (Å²) in [6.07, 6.45) is 8.09. The Bertz CT molecular complexity index is 2290. The highest BCUT2D eigenvalue weighted by molar-refractivity contribution is 5.87. The van der Waals surface area contributed by atoms with E-state index in [1.807, 2.05) is 108 Å². The van der Waals surface area contributed by atoms with Crippen molar-refractivity contribution in [2.75, 3.05) is 20.2 Å². The first-order valence-electron chi connectivity index (χ1n) is 18.9. The highest BCUT2D eigenvalue weighted by Gasteiger charge is 2.37. The number of pyridine rings is 1. The van der Waals surface area contributed by atoms with Gasteiger partial charge in [0, 0.05) is 30.4 Å². The number of amides is 3. The normalized spacial score (nSPS) is 17.8. The maximum atomic E-state index is 13.9. The number of alkyl carbamates (subject to hydrolysis) is 1. The average Bonchev–Trinajstić information content (AvgIpc) is 4.10. The van der Waals surface area contributed by atoms with E-state index in [0.29, 0.717) is 24.5 Å². The van der Waals surface area contributed by atoms with E-state index in [1.165, 1.54) is 7.11 Å². The van der Waals surface area contributed by atoms with E-state index >= 15 is 0 Å². The number of hydrogen-bond donors (Lipinski definition) is 3. The first-order valence-corrected chi connectivity index (χ1v) is 18.9. The van der Waals surface area contributed by atoms with E-state index in [2.05, 4.69) is 27.2 Å². The van der Waals surface area contributed by atoms with Gasteiger partial charge in [-0.05, 0) is 61.4 Å². The summed E-state index contributed by atoms with van der Waals surface area (Å²) >= 11 is 0. The van der Waals surface area contributed by atoms with Crippen LogP contribution in [0.25, 0.3) is 33.8 Å². The highest BCUT2D eigenvalue weighted by atomic mass is 16.5. The lowest BCUT2D eigenvalue weighted by atomic mass is 9.99. The summed E-state index contributed by atoms with van der Waals surface area (Å²) in [5.41, 5.74) is 6.92. The van der Waals surface area contributed by atoms with Crippen molar-refractivity contribution in [1.29, 1.82) is 0 Å². The molecule has 3 aromatic heterocycles. The maximum Gasteiger partial charge on any atom is 0.407 e. The van der Waals surface area contributed by atoms with Crippen LogP contribution >= 0.6 is 0 Å². The molecule has 283 valence electrons. The van der Waals surface area contributed by atoms with Crippen molar-refractivity contribution in [2.45, 2.75) is 49.7 Å². The molecule has 4 atom stereocenters. The van der Waals surface area contributed by atoms with E-state index < -0.39 is 18.1 Å². The minimum absolute atomic E-state index is 0.0117. The van der Waals surface area contributed by atoms with E-state index in [1.54, 1.807) is 17.3 Å². The van der Waals surface area contributed by atoms with Gasteiger partial charge in [0.2, 0.25) is 5.91 Å². The van der Waals surface area contributed by atoms with E-state index in [-0.39, 0.29) is 23.9 Å². The van der Waals surface area contributed by atoms with Gasteiger partial charge in [-0.2, -0.15) is 0 Å². The lowest BCUT2D eigenvalue weighted by Crippen LogP contribution is -2.42. The molecule has 0 saturated carbocycles. The fourth-order valence-corrected chi connectivity index (χ4v) is 7.78. The Morgan fingerprint density at radius 2 is 1.21 bits per heavy atom. The first-order chi connectivity index (χ1) is 27.4. The Balaban J connectivity index is 0.925. The Morgan fingerprint density at radius 3 is 1.79 bits per heavy atom. The second kappa shape index (κ2) is 16.0. The fourth-order valence-electron chi connectivity index (χ4n) is 7.78. The van der Waals surface area contributed by atoms with Crippen LogP contribution in [-0.2, 0) is 14.3 Å². The van der Waals surface area contributed by atoms with Crippen molar-refractivity contribution >= 4 is 17.9 Å². The second-order valence-electron chi connectivity index (χ2n) is 14.2. The van der Waals surface area contributed by atoms with Crippen LogP contribution in [0.15, 0.2) is 116 Å². The summed E-state index contributed by atoms with van der Waals surface area (Å²) in [5.74, 6) is 0.804. The van der Waals surface area contributed by atoms with Crippen LogP contribution in [0.1, 0.15) is 72.5 Å². The molecule has 56 heavy (non-hydrogen) atoms. The second-order valence-corrected chi connectivity index (χ2v) is 14.2. The minimum Gasteiger partial charge on any atom is -0.453 e. The molecule has 2 fully saturated rings. The largest absolute Gasteiger partial charge is 0.453 e. The molecule has 8 rings (SSSR count). The number of aromatic amines is 2. The standard InChI is InChI=1S/C44H43N8O4/c1-28(29-11-5-3-6-12-29)42(53)51-23-9-15-37(51)40-47-27-36(49-40)33-21-22-34(45-25-33)30-17-19-31(20-18-30)35-26-46-41(48-35)38-16-10-24-52(38)43(54)39(50-44(55)56-2)32-13-7-4-8-14-32/h3-8,11-14,17-22,25-28,37-39H,1,9-10,15-16,23-24H2,2H3,(H,46,48)(H,47,49)(H,50,55)/t28-,37+,38+,39-/m1/s1. The lowest BCUT2D eigenvalue weighted by molar-refractivity contribution is -0.134. The Morgan fingerprint density at radius 1 is 0.679 bits per heavy atom. The average molecular weight is 748 g/mol. The van der Waals surface area contributed by atoms with Crippen LogP contribution in [0.3, 0.4) is 0 Å².